The quantitative estimate of drug-likeness (QED) is 0.871. The first-order chi connectivity index (χ1) is 8.92. The van der Waals surface area contributed by atoms with Crippen molar-refractivity contribution in [1.82, 2.24) is 15.3 Å². The fourth-order valence-corrected chi connectivity index (χ4v) is 2.57. The minimum Gasteiger partial charge on any atom is -0.472 e. The Balaban J connectivity index is 1.67. The lowest BCUT2D eigenvalue weighted by atomic mass is 10.1. The van der Waals surface area contributed by atoms with Crippen LogP contribution in [-0.4, -0.2) is 42.3 Å². The van der Waals surface area contributed by atoms with E-state index < -0.39 is 0 Å². The van der Waals surface area contributed by atoms with Gasteiger partial charge in [0.25, 0.3) is 0 Å². The van der Waals surface area contributed by atoms with Crippen molar-refractivity contribution in [2.24, 2.45) is 0 Å². The largest absolute Gasteiger partial charge is 0.472 e. The summed E-state index contributed by atoms with van der Waals surface area (Å²) in [5.74, 6) is 1.62. The lowest BCUT2D eigenvalue weighted by molar-refractivity contribution is 0.213. The van der Waals surface area contributed by atoms with E-state index in [2.05, 4.69) is 20.2 Å². The Morgan fingerprint density at radius 1 is 1.22 bits per heavy atom. The van der Waals surface area contributed by atoms with Crippen molar-refractivity contribution in [1.29, 1.82) is 0 Å². The number of hydrogen-bond donors (Lipinski definition) is 1. The van der Waals surface area contributed by atoms with Gasteiger partial charge in [0.2, 0.25) is 5.88 Å². The van der Waals surface area contributed by atoms with E-state index in [0.29, 0.717) is 5.88 Å². The molecule has 0 aliphatic carbocycles. The van der Waals surface area contributed by atoms with Gasteiger partial charge < -0.3 is 15.0 Å². The highest BCUT2D eigenvalue weighted by molar-refractivity contribution is 5.37. The summed E-state index contributed by atoms with van der Waals surface area (Å²) in [7, 11) is 0. The molecule has 5 nitrogen and oxygen atoms in total. The highest BCUT2D eigenvalue weighted by atomic mass is 16.5. The maximum Gasteiger partial charge on any atom is 0.234 e. The first-order valence-electron chi connectivity index (χ1n) is 6.86. The summed E-state index contributed by atoms with van der Waals surface area (Å²) in [6.45, 7) is 4.12. The Morgan fingerprint density at radius 2 is 2.11 bits per heavy atom. The smallest absolute Gasteiger partial charge is 0.234 e. The van der Waals surface area contributed by atoms with E-state index in [-0.39, 0.29) is 6.10 Å². The monoisotopic (exact) mass is 248 g/mol. The number of ether oxygens (including phenoxy) is 1. The third kappa shape index (κ3) is 2.72. The normalized spacial score (nSPS) is 24.2. The van der Waals surface area contributed by atoms with Gasteiger partial charge in [-0.2, -0.15) is 4.98 Å². The van der Waals surface area contributed by atoms with Crippen molar-refractivity contribution in [2.45, 2.75) is 31.8 Å². The average Bonchev–Trinajstić information content (AvgIpc) is 2.93. The topological polar surface area (TPSA) is 50.3 Å². The lowest BCUT2D eigenvalue weighted by Gasteiger charge is -2.27. The van der Waals surface area contributed by atoms with Crippen LogP contribution in [0.1, 0.15) is 25.7 Å². The summed E-state index contributed by atoms with van der Waals surface area (Å²) in [4.78, 5) is 11.1. The summed E-state index contributed by atoms with van der Waals surface area (Å²) >= 11 is 0. The summed E-state index contributed by atoms with van der Waals surface area (Å²) in [6.07, 6.45) is 8.68. The zero-order valence-corrected chi connectivity index (χ0v) is 10.6. The number of hydrogen-bond acceptors (Lipinski definition) is 5. The molecule has 0 amide bonds. The van der Waals surface area contributed by atoms with Crippen molar-refractivity contribution in [2.75, 3.05) is 31.1 Å². The molecule has 0 spiro atoms. The molecule has 0 aromatic carbocycles. The molecule has 18 heavy (non-hydrogen) atoms. The van der Waals surface area contributed by atoms with E-state index >= 15 is 0 Å². The Kier molecular flexibility index (Phi) is 3.59. The molecule has 1 atom stereocenters. The summed E-state index contributed by atoms with van der Waals surface area (Å²) in [6, 6.07) is 0. The molecule has 2 aliphatic rings. The van der Waals surface area contributed by atoms with Gasteiger partial charge in [-0.3, -0.25) is 4.98 Å². The SMILES string of the molecule is c1ncc(N2CCCCC2)nc1OC1CCNC1. The Morgan fingerprint density at radius 3 is 2.89 bits per heavy atom. The summed E-state index contributed by atoms with van der Waals surface area (Å²) < 4.78 is 5.84. The standard InChI is InChI=1S/C13H20N4O/c1-2-6-17(7-3-1)12-9-15-10-13(16-12)18-11-4-5-14-8-11/h9-11,14H,1-8H2. The van der Waals surface area contributed by atoms with Crippen LogP contribution in [-0.2, 0) is 0 Å². The highest BCUT2D eigenvalue weighted by Gasteiger charge is 2.18. The molecule has 1 aromatic heterocycles. The van der Waals surface area contributed by atoms with Crippen LogP contribution >= 0.6 is 0 Å². The van der Waals surface area contributed by atoms with Crippen LogP contribution in [0.2, 0.25) is 0 Å². The van der Waals surface area contributed by atoms with Crippen LogP contribution in [0.3, 0.4) is 0 Å². The van der Waals surface area contributed by atoms with Gasteiger partial charge >= 0.3 is 0 Å². The van der Waals surface area contributed by atoms with Gasteiger partial charge in [0.1, 0.15) is 6.10 Å². The number of nitrogens with one attached hydrogen (secondary N) is 1. The van der Waals surface area contributed by atoms with Gasteiger partial charge in [-0.1, -0.05) is 0 Å². The number of piperidine rings is 1. The highest BCUT2D eigenvalue weighted by Crippen LogP contribution is 2.20. The van der Waals surface area contributed by atoms with E-state index in [1.165, 1.54) is 19.3 Å². The number of anilines is 1. The second-order valence-corrected chi connectivity index (χ2v) is 5.00. The molecule has 0 bridgehead atoms. The van der Waals surface area contributed by atoms with Crippen molar-refractivity contribution >= 4 is 5.82 Å². The van der Waals surface area contributed by atoms with Gasteiger partial charge in [-0.15, -0.1) is 0 Å². The molecule has 0 radical (unpaired) electrons. The molecule has 2 fully saturated rings. The molecule has 5 heteroatoms. The maximum absolute atomic E-state index is 5.84. The zero-order valence-electron chi connectivity index (χ0n) is 10.6. The van der Waals surface area contributed by atoms with Crippen molar-refractivity contribution in [3.05, 3.63) is 12.4 Å². The third-order valence-electron chi connectivity index (χ3n) is 3.58. The van der Waals surface area contributed by atoms with E-state index in [4.69, 9.17) is 4.74 Å². The van der Waals surface area contributed by atoms with Crippen molar-refractivity contribution < 1.29 is 4.74 Å². The number of rotatable bonds is 3. The van der Waals surface area contributed by atoms with Crippen LogP contribution in [0.15, 0.2) is 12.4 Å². The predicted molar refractivity (Wildman–Crippen MR) is 70.0 cm³/mol. The fourth-order valence-electron chi connectivity index (χ4n) is 2.57. The number of aromatic nitrogens is 2. The second-order valence-electron chi connectivity index (χ2n) is 5.00. The van der Waals surface area contributed by atoms with Crippen LogP contribution in [0.25, 0.3) is 0 Å². The Hall–Kier alpha value is -1.36. The maximum atomic E-state index is 5.84. The molecule has 98 valence electrons. The van der Waals surface area contributed by atoms with Gasteiger partial charge in [0.15, 0.2) is 5.82 Å². The third-order valence-corrected chi connectivity index (χ3v) is 3.58. The predicted octanol–water partition coefficient (Wildman–Crippen LogP) is 1.21. The first-order valence-corrected chi connectivity index (χ1v) is 6.86. The molecule has 2 aliphatic heterocycles. The molecule has 3 rings (SSSR count). The van der Waals surface area contributed by atoms with Crippen LogP contribution in [0.5, 0.6) is 5.88 Å². The van der Waals surface area contributed by atoms with E-state index in [9.17, 15) is 0 Å². The zero-order chi connectivity index (χ0) is 12.2. The van der Waals surface area contributed by atoms with E-state index in [1.54, 1.807) is 6.20 Å². The lowest BCUT2D eigenvalue weighted by Crippen LogP contribution is -2.30. The molecular formula is C13H20N4O. The molecule has 1 unspecified atom stereocenters. The molecular weight excluding hydrogens is 228 g/mol. The molecule has 1 N–H and O–H groups in total. The Bertz CT molecular complexity index is 386. The molecule has 3 heterocycles. The first kappa shape index (κ1) is 11.7. The van der Waals surface area contributed by atoms with Crippen molar-refractivity contribution in [3.8, 4) is 5.88 Å². The van der Waals surface area contributed by atoms with E-state index in [0.717, 1.165) is 38.4 Å². The second kappa shape index (κ2) is 5.52. The van der Waals surface area contributed by atoms with Gasteiger partial charge in [0.05, 0.1) is 12.4 Å². The van der Waals surface area contributed by atoms with Crippen LogP contribution in [0, 0.1) is 0 Å². The van der Waals surface area contributed by atoms with Crippen LogP contribution in [0.4, 0.5) is 5.82 Å². The molecule has 0 saturated carbocycles. The van der Waals surface area contributed by atoms with Crippen molar-refractivity contribution in [3.63, 3.8) is 0 Å². The van der Waals surface area contributed by atoms with Gasteiger partial charge in [-0.25, -0.2) is 0 Å². The molecule has 2 saturated heterocycles. The summed E-state index contributed by atoms with van der Waals surface area (Å²) in [5, 5.41) is 3.29. The minimum absolute atomic E-state index is 0.246. The average molecular weight is 248 g/mol. The minimum atomic E-state index is 0.246. The molecule has 1 aromatic rings. The van der Waals surface area contributed by atoms with Gasteiger partial charge in [-0.05, 0) is 32.2 Å². The summed E-state index contributed by atoms with van der Waals surface area (Å²) in [5.41, 5.74) is 0. The number of nitrogens with zero attached hydrogens (tertiary/aromatic N) is 3. The fraction of sp³-hybridized carbons (Fsp3) is 0.692. The Labute approximate surface area is 108 Å². The van der Waals surface area contributed by atoms with E-state index in [1.807, 2.05) is 6.20 Å². The van der Waals surface area contributed by atoms with Gasteiger partial charge in [0, 0.05) is 19.6 Å². The van der Waals surface area contributed by atoms with Crippen LogP contribution < -0.4 is 15.0 Å².